The third-order valence-corrected chi connectivity index (χ3v) is 4.89. The van der Waals surface area contributed by atoms with Crippen molar-refractivity contribution in [2.75, 3.05) is 32.7 Å². The Labute approximate surface area is 153 Å². The molecule has 1 aromatic heterocycles. The lowest BCUT2D eigenvalue weighted by atomic mass is 10.2. The number of rotatable bonds is 4. The standard InChI is InChI=1S/C22H23N3O/c26-22(21-17-19-10-4-5-11-20(19)23-21)25-15-13-24(14-16-25)12-6-9-18-7-2-1-3-8-18/h1-11,17,23H,12-16H2/b9-6+. The highest BCUT2D eigenvalue weighted by Crippen LogP contribution is 2.17. The highest BCUT2D eigenvalue weighted by atomic mass is 16.2. The summed E-state index contributed by atoms with van der Waals surface area (Å²) in [6.45, 7) is 4.28. The number of aromatic nitrogens is 1. The van der Waals surface area contributed by atoms with E-state index in [9.17, 15) is 4.79 Å². The minimum absolute atomic E-state index is 0.0978. The molecule has 0 spiro atoms. The van der Waals surface area contributed by atoms with E-state index >= 15 is 0 Å². The van der Waals surface area contributed by atoms with Gasteiger partial charge in [-0.15, -0.1) is 0 Å². The molecule has 1 N–H and O–H groups in total. The van der Waals surface area contributed by atoms with Crippen LogP contribution >= 0.6 is 0 Å². The number of para-hydroxylation sites is 1. The van der Waals surface area contributed by atoms with Gasteiger partial charge in [0.25, 0.3) is 5.91 Å². The molecule has 1 aliphatic heterocycles. The Hall–Kier alpha value is -2.85. The number of benzene rings is 2. The number of hydrogen-bond acceptors (Lipinski definition) is 2. The second-order valence-electron chi connectivity index (χ2n) is 6.68. The van der Waals surface area contributed by atoms with Gasteiger partial charge in [0, 0.05) is 43.6 Å². The fourth-order valence-electron chi connectivity index (χ4n) is 3.39. The van der Waals surface area contributed by atoms with Crippen molar-refractivity contribution in [2.45, 2.75) is 0 Å². The van der Waals surface area contributed by atoms with Crippen molar-refractivity contribution < 1.29 is 4.79 Å². The molecule has 2 heterocycles. The monoisotopic (exact) mass is 345 g/mol. The highest BCUT2D eigenvalue weighted by molar-refractivity contribution is 5.98. The van der Waals surface area contributed by atoms with Crippen molar-refractivity contribution in [3.05, 3.63) is 78.0 Å². The molecule has 1 aliphatic rings. The summed E-state index contributed by atoms with van der Waals surface area (Å²) in [6, 6.07) is 20.3. The van der Waals surface area contributed by atoms with Crippen LogP contribution in [0.25, 0.3) is 17.0 Å². The molecular formula is C22H23N3O. The molecule has 0 bridgehead atoms. The number of nitrogens with one attached hydrogen (secondary N) is 1. The summed E-state index contributed by atoms with van der Waals surface area (Å²) in [7, 11) is 0. The van der Waals surface area contributed by atoms with Crippen molar-refractivity contribution in [3.63, 3.8) is 0 Å². The minimum Gasteiger partial charge on any atom is -0.351 e. The average Bonchev–Trinajstić information content (AvgIpc) is 3.13. The van der Waals surface area contributed by atoms with E-state index in [-0.39, 0.29) is 5.91 Å². The molecule has 4 nitrogen and oxygen atoms in total. The summed E-state index contributed by atoms with van der Waals surface area (Å²) >= 11 is 0. The van der Waals surface area contributed by atoms with Crippen molar-refractivity contribution in [2.24, 2.45) is 0 Å². The summed E-state index contributed by atoms with van der Waals surface area (Å²) in [5.41, 5.74) is 2.92. The number of amides is 1. The zero-order valence-corrected chi connectivity index (χ0v) is 14.8. The van der Waals surface area contributed by atoms with Gasteiger partial charge in [0.2, 0.25) is 0 Å². The van der Waals surface area contributed by atoms with Crippen LogP contribution in [0.1, 0.15) is 16.1 Å². The molecule has 1 amide bonds. The predicted molar refractivity (Wildman–Crippen MR) is 106 cm³/mol. The quantitative estimate of drug-likeness (QED) is 0.784. The largest absolute Gasteiger partial charge is 0.351 e. The molecule has 0 saturated carbocycles. The molecule has 26 heavy (non-hydrogen) atoms. The van der Waals surface area contributed by atoms with Crippen LogP contribution in [-0.4, -0.2) is 53.4 Å². The van der Waals surface area contributed by atoms with E-state index in [0.29, 0.717) is 5.69 Å². The third kappa shape index (κ3) is 3.70. The van der Waals surface area contributed by atoms with Crippen LogP contribution < -0.4 is 0 Å². The van der Waals surface area contributed by atoms with E-state index in [1.54, 1.807) is 0 Å². The normalized spacial score (nSPS) is 15.8. The zero-order chi connectivity index (χ0) is 17.8. The first-order valence-electron chi connectivity index (χ1n) is 9.10. The molecule has 1 fully saturated rings. The van der Waals surface area contributed by atoms with Crippen LogP contribution in [0.2, 0.25) is 0 Å². The zero-order valence-electron chi connectivity index (χ0n) is 14.8. The number of H-pyrrole nitrogens is 1. The van der Waals surface area contributed by atoms with E-state index in [1.165, 1.54) is 5.56 Å². The molecule has 4 rings (SSSR count). The summed E-state index contributed by atoms with van der Waals surface area (Å²) < 4.78 is 0. The first kappa shape index (κ1) is 16.6. The van der Waals surface area contributed by atoms with Gasteiger partial charge in [-0.2, -0.15) is 0 Å². The number of carbonyl (C=O) groups excluding carboxylic acids is 1. The Morgan fingerprint density at radius 1 is 0.962 bits per heavy atom. The van der Waals surface area contributed by atoms with Crippen LogP contribution in [0, 0.1) is 0 Å². The minimum atomic E-state index is 0.0978. The molecular weight excluding hydrogens is 322 g/mol. The summed E-state index contributed by atoms with van der Waals surface area (Å²) in [5.74, 6) is 0.0978. The summed E-state index contributed by atoms with van der Waals surface area (Å²) in [4.78, 5) is 20.3. The predicted octanol–water partition coefficient (Wildman–Crippen LogP) is 3.64. The Bertz CT molecular complexity index is 872. The number of nitrogens with zero attached hydrogens (tertiary/aromatic N) is 2. The van der Waals surface area contributed by atoms with E-state index in [2.05, 4.69) is 34.2 Å². The number of fused-ring (bicyclic) bond motifs is 1. The van der Waals surface area contributed by atoms with Crippen LogP contribution in [0.3, 0.4) is 0 Å². The lowest BCUT2D eigenvalue weighted by Crippen LogP contribution is -2.48. The number of piperazine rings is 1. The molecule has 0 unspecified atom stereocenters. The van der Waals surface area contributed by atoms with Gasteiger partial charge in [-0.25, -0.2) is 0 Å². The van der Waals surface area contributed by atoms with Gasteiger partial charge in [0.15, 0.2) is 0 Å². The first-order chi connectivity index (χ1) is 12.8. The van der Waals surface area contributed by atoms with Crippen molar-refractivity contribution in [1.29, 1.82) is 0 Å². The van der Waals surface area contributed by atoms with Gasteiger partial charge in [0.1, 0.15) is 5.69 Å². The van der Waals surface area contributed by atoms with Crippen LogP contribution in [0.4, 0.5) is 0 Å². The topological polar surface area (TPSA) is 39.3 Å². The van der Waals surface area contributed by atoms with Gasteiger partial charge in [-0.3, -0.25) is 9.69 Å². The third-order valence-electron chi connectivity index (χ3n) is 4.89. The molecule has 0 atom stereocenters. The lowest BCUT2D eigenvalue weighted by Gasteiger charge is -2.33. The maximum Gasteiger partial charge on any atom is 0.270 e. The Balaban J connectivity index is 1.31. The van der Waals surface area contributed by atoms with Gasteiger partial charge < -0.3 is 9.88 Å². The van der Waals surface area contributed by atoms with Crippen molar-refractivity contribution >= 4 is 22.9 Å². The summed E-state index contributed by atoms with van der Waals surface area (Å²) in [6.07, 6.45) is 4.35. The average molecular weight is 345 g/mol. The van der Waals surface area contributed by atoms with Gasteiger partial charge in [-0.05, 0) is 17.7 Å². The second-order valence-corrected chi connectivity index (χ2v) is 6.68. The molecule has 132 valence electrons. The molecule has 3 aromatic rings. The number of carbonyl (C=O) groups is 1. The molecule has 0 radical (unpaired) electrons. The molecule has 4 heteroatoms. The van der Waals surface area contributed by atoms with E-state index < -0.39 is 0 Å². The smallest absolute Gasteiger partial charge is 0.270 e. The lowest BCUT2D eigenvalue weighted by molar-refractivity contribution is 0.0645. The maximum absolute atomic E-state index is 12.7. The first-order valence-corrected chi connectivity index (χ1v) is 9.10. The van der Waals surface area contributed by atoms with Crippen LogP contribution in [-0.2, 0) is 0 Å². The molecule has 2 aromatic carbocycles. The highest BCUT2D eigenvalue weighted by Gasteiger charge is 2.22. The second kappa shape index (κ2) is 7.58. The van der Waals surface area contributed by atoms with E-state index in [4.69, 9.17) is 0 Å². The number of hydrogen-bond donors (Lipinski definition) is 1. The molecule has 0 aliphatic carbocycles. The van der Waals surface area contributed by atoms with Crippen LogP contribution in [0.5, 0.6) is 0 Å². The number of aromatic amines is 1. The maximum atomic E-state index is 12.7. The Morgan fingerprint density at radius 2 is 1.69 bits per heavy atom. The SMILES string of the molecule is O=C(c1cc2ccccc2[nH]1)N1CCN(C/C=C/c2ccccc2)CC1. The van der Waals surface area contributed by atoms with E-state index in [1.807, 2.05) is 53.4 Å². The Kier molecular flexibility index (Phi) is 4.84. The molecule has 1 saturated heterocycles. The fourth-order valence-corrected chi connectivity index (χ4v) is 3.39. The van der Waals surface area contributed by atoms with Gasteiger partial charge in [-0.1, -0.05) is 60.7 Å². The van der Waals surface area contributed by atoms with E-state index in [0.717, 1.165) is 43.6 Å². The van der Waals surface area contributed by atoms with Crippen molar-refractivity contribution in [3.8, 4) is 0 Å². The Morgan fingerprint density at radius 3 is 2.46 bits per heavy atom. The van der Waals surface area contributed by atoms with Crippen LogP contribution in [0.15, 0.2) is 66.7 Å². The van der Waals surface area contributed by atoms with Gasteiger partial charge >= 0.3 is 0 Å². The van der Waals surface area contributed by atoms with Gasteiger partial charge in [0.05, 0.1) is 0 Å². The van der Waals surface area contributed by atoms with Crippen molar-refractivity contribution in [1.82, 2.24) is 14.8 Å². The summed E-state index contributed by atoms with van der Waals surface area (Å²) in [5, 5.41) is 1.08. The fraction of sp³-hybridized carbons (Fsp3) is 0.227.